The molecule has 0 saturated heterocycles. The van der Waals surface area contributed by atoms with Crippen LogP contribution < -0.4 is 11.1 Å². The molecular formula is C19H23ClN4O. The molecule has 1 saturated carbocycles. The van der Waals surface area contributed by atoms with Crippen LogP contribution in [0.15, 0.2) is 42.6 Å². The van der Waals surface area contributed by atoms with E-state index in [2.05, 4.69) is 28.5 Å². The minimum Gasteiger partial charge on any atom is -0.345 e. The van der Waals surface area contributed by atoms with Gasteiger partial charge in [-0.1, -0.05) is 23.7 Å². The monoisotopic (exact) mass is 358 g/mol. The fraction of sp³-hybridized carbons (Fsp3) is 0.421. The molecule has 0 radical (unpaired) electrons. The van der Waals surface area contributed by atoms with Gasteiger partial charge in [0.25, 0.3) is 5.91 Å². The Balaban J connectivity index is 1.72. The molecule has 1 aliphatic carbocycles. The number of carbonyl (C=O) groups excluding carboxylic acids is 1. The van der Waals surface area contributed by atoms with Crippen molar-refractivity contribution >= 4 is 17.5 Å². The van der Waals surface area contributed by atoms with Crippen molar-refractivity contribution in [2.75, 3.05) is 6.54 Å². The minimum atomic E-state index is -0.272. The lowest BCUT2D eigenvalue weighted by molar-refractivity contribution is 0.0849. The Morgan fingerprint density at radius 3 is 2.60 bits per heavy atom. The van der Waals surface area contributed by atoms with Gasteiger partial charge in [0, 0.05) is 28.7 Å². The van der Waals surface area contributed by atoms with Gasteiger partial charge < -0.3 is 11.1 Å². The lowest BCUT2D eigenvalue weighted by atomic mass is 9.64. The molecular weight excluding hydrogens is 336 g/mol. The van der Waals surface area contributed by atoms with Crippen LogP contribution in [-0.4, -0.2) is 28.2 Å². The summed E-state index contributed by atoms with van der Waals surface area (Å²) in [5.41, 5.74) is 7.33. The Bertz CT molecular complexity index is 742. The number of nitrogens with two attached hydrogens (primary N) is 1. The first-order chi connectivity index (χ1) is 12.0. The van der Waals surface area contributed by atoms with E-state index in [1.807, 2.05) is 18.2 Å². The first-order valence-electron chi connectivity index (χ1n) is 8.53. The molecule has 0 spiro atoms. The molecule has 0 unspecified atom stereocenters. The lowest BCUT2D eigenvalue weighted by Gasteiger charge is -2.45. The number of rotatable bonds is 4. The topological polar surface area (TPSA) is 80.9 Å². The van der Waals surface area contributed by atoms with Gasteiger partial charge in [0.1, 0.15) is 0 Å². The van der Waals surface area contributed by atoms with Crippen LogP contribution in [-0.2, 0) is 5.41 Å². The highest BCUT2D eigenvalue weighted by Crippen LogP contribution is 2.43. The van der Waals surface area contributed by atoms with Gasteiger partial charge in [-0.2, -0.15) is 5.10 Å². The summed E-state index contributed by atoms with van der Waals surface area (Å²) in [4.78, 5) is 12.4. The fourth-order valence-corrected chi connectivity index (χ4v) is 3.79. The first kappa shape index (κ1) is 17.8. The van der Waals surface area contributed by atoms with Gasteiger partial charge in [-0.25, -0.2) is 0 Å². The van der Waals surface area contributed by atoms with Crippen LogP contribution in [0, 0.1) is 0 Å². The van der Waals surface area contributed by atoms with Crippen molar-refractivity contribution in [2.24, 2.45) is 5.73 Å². The zero-order valence-corrected chi connectivity index (χ0v) is 15.1. The summed E-state index contributed by atoms with van der Waals surface area (Å²) >= 11 is 6.17. The zero-order chi connectivity index (χ0) is 17.9. The van der Waals surface area contributed by atoms with Crippen molar-refractivity contribution < 1.29 is 4.79 Å². The minimum absolute atomic E-state index is 0.0817. The Morgan fingerprint density at radius 2 is 2.00 bits per heavy atom. The van der Waals surface area contributed by atoms with E-state index in [0.29, 0.717) is 12.2 Å². The number of hydrogen-bond acceptors (Lipinski definition) is 4. The molecule has 25 heavy (non-hydrogen) atoms. The predicted octanol–water partition coefficient (Wildman–Crippen LogP) is 3.09. The molecule has 6 heteroatoms. The maximum atomic E-state index is 12.4. The molecule has 0 aliphatic heterocycles. The lowest BCUT2D eigenvalue weighted by Crippen LogP contribution is -2.52. The molecule has 1 heterocycles. The maximum Gasteiger partial charge on any atom is 0.272 e. The number of benzene rings is 1. The summed E-state index contributed by atoms with van der Waals surface area (Å²) in [5.74, 6) is -0.182. The van der Waals surface area contributed by atoms with E-state index in [4.69, 9.17) is 17.3 Å². The van der Waals surface area contributed by atoms with E-state index in [1.165, 1.54) is 5.56 Å². The number of nitrogens with one attached hydrogen (secondary N) is 1. The fourth-order valence-electron chi connectivity index (χ4n) is 3.60. The molecule has 1 aromatic heterocycles. The molecule has 3 N–H and O–H groups in total. The van der Waals surface area contributed by atoms with Crippen LogP contribution in [0.5, 0.6) is 0 Å². The molecule has 0 bridgehead atoms. The summed E-state index contributed by atoms with van der Waals surface area (Å²) in [6, 6.07) is 11.3. The number of halogens is 1. The van der Waals surface area contributed by atoms with Crippen LogP contribution in [0.3, 0.4) is 0 Å². The highest BCUT2D eigenvalue weighted by Gasteiger charge is 2.41. The Hall–Kier alpha value is -1.98. The number of amides is 1. The van der Waals surface area contributed by atoms with Crippen LogP contribution >= 0.6 is 11.6 Å². The molecule has 0 atom stereocenters. The second-order valence-corrected chi connectivity index (χ2v) is 7.55. The summed E-state index contributed by atoms with van der Waals surface area (Å²) in [7, 11) is 0. The standard InChI is InChI=1S/C19H23ClN4O/c1-18(23-17(25)16-6-3-11-22-24-16)7-9-19(13-21,10-8-18)14-4-2-5-15(20)12-14/h2-6,11-12H,7-10,13,21H2,1H3,(H,23,25)/t18-,19-. The zero-order valence-electron chi connectivity index (χ0n) is 14.3. The SMILES string of the molecule is C[C@]1(NC(=O)c2cccnn2)CC[C@](CN)(c2cccc(Cl)c2)CC1. The van der Waals surface area contributed by atoms with Gasteiger partial charge >= 0.3 is 0 Å². The van der Waals surface area contributed by atoms with E-state index >= 15 is 0 Å². The van der Waals surface area contributed by atoms with E-state index in [9.17, 15) is 4.79 Å². The summed E-state index contributed by atoms with van der Waals surface area (Å²) in [6.45, 7) is 2.65. The summed E-state index contributed by atoms with van der Waals surface area (Å²) in [6.07, 6.45) is 5.06. The third-order valence-electron chi connectivity index (χ3n) is 5.36. The van der Waals surface area contributed by atoms with Gasteiger partial charge in [-0.05, 0) is 62.4 Å². The van der Waals surface area contributed by atoms with Crippen molar-refractivity contribution in [2.45, 2.75) is 43.6 Å². The quantitative estimate of drug-likeness (QED) is 0.880. The second kappa shape index (κ2) is 7.10. The molecule has 1 fully saturated rings. The Labute approximate surface area is 153 Å². The van der Waals surface area contributed by atoms with Crippen molar-refractivity contribution in [3.05, 3.63) is 58.9 Å². The smallest absolute Gasteiger partial charge is 0.272 e. The van der Waals surface area contributed by atoms with Crippen molar-refractivity contribution in [1.29, 1.82) is 0 Å². The van der Waals surface area contributed by atoms with Crippen LogP contribution in [0.4, 0.5) is 0 Å². The third-order valence-corrected chi connectivity index (χ3v) is 5.59. The van der Waals surface area contributed by atoms with Crippen molar-refractivity contribution in [3.63, 3.8) is 0 Å². The van der Waals surface area contributed by atoms with Gasteiger partial charge in [0.2, 0.25) is 0 Å². The molecule has 3 rings (SSSR count). The van der Waals surface area contributed by atoms with E-state index in [1.54, 1.807) is 18.3 Å². The highest BCUT2D eigenvalue weighted by molar-refractivity contribution is 6.30. The largest absolute Gasteiger partial charge is 0.345 e. The average Bonchev–Trinajstić information content (AvgIpc) is 2.63. The van der Waals surface area contributed by atoms with Crippen LogP contribution in [0.2, 0.25) is 5.02 Å². The number of carbonyl (C=O) groups is 1. The summed E-state index contributed by atoms with van der Waals surface area (Å²) < 4.78 is 0. The average molecular weight is 359 g/mol. The van der Waals surface area contributed by atoms with E-state index in [0.717, 1.165) is 30.7 Å². The molecule has 1 aliphatic rings. The highest BCUT2D eigenvalue weighted by atomic mass is 35.5. The Morgan fingerprint density at radius 1 is 1.24 bits per heavy atom. The van der Waals surface area contributed by atoms with Crippen molar-refractivity contribution in [1.82, 2.24) is 15.5 Å². The molecule has 1 aromatic carbocycles. The van der Waals surface area contributed by atoms with Gasteiger partial charge in [-0.3, -0.25) is 4.79 Å². The number of nitrogens with zero attached hydrogens (tertiary/aromatic N) is 2. The molecule has 2 aromatic rings. The number of hydrogen-bond donors (Lipinski definition) is 2. The molecule has 5 nitrogen and oxygen atoms in total. The molecule has 1 amide bonds. The van der Waals surface area contributed by atoms with Gasteiger partial charge in [0.15, 0.2) is 5.69 Å². The van der Waals surface area contributed by atoms with Gasteiger partial charge in [0.05, 0.1) is 0 Å². The summed E-state index contributed by atoms with van der Waals surface area (Å²) in [5, 5.41) is 11.5. The van der Waals surface area contributed by atoms with E-state index in [-0.39, 0.29) is 16.9 Å². The van der Waals surface area contributed by atoms with Crippen LogP contribution in [0.1, 0.15) is 48.7 Å². The van der Waals surface area contributed by atoms with Crippen LogP contribution in [0.25, 0.3) is 0 Å². The van der Waals surface area contributed by atoms with E-state index < -0.39 is 0 Å². The third kappa shape index (κ3) is 3.83. The normalized spacial score (nSPS) is 26.2. The molecule has 132 valence electrons. The first-order valence-corrected chi connectivity index (χ1v) is 8.91. The van der Waals surface area contributed by atoms with Gasteiger partial charge in [-0.15, -0.1) is 5.10 Å². The maximum absolute atomic E-state index is 12.4. The second-order valence-electron chi connectivity index (χ2n) is 7.12. The van der Waals surface area contributed by atoms with Crippen molar-refractivity contribution in [3.8, 4) is 0 Å². The Kier molecular flexibility index (Phi) is 5.06. The predicted molar refractivity (Wildman–Crippen MR) is 98.6 cm³/mol. The number of aromatic nitrogens is 2.